The number of aryl methyl sites for hydroxylation is 1. The van der Waals surface area contributed by atoms with E-state index in [0.29, 0.717) is 87.1 Å². The summed E-state index contributed by atoms with van der Waals surface area (Å²) in [5.74, 6) is 6.66. The number of cyclic esters (lactones) is 1. The van der Waals surface area contributed by atoms with Crippen LogP contribution in [0.25, 0.3) is 16.7 Å². The molecular weight excluding hydrogens is 1170 g/mol. The molecular formula is C81H98N4O9. The molecule has 14 unspecified atom stereocenters. The zero-order valence-electron chi connectivity index (χ0n) is 55.5. The number of aliphatic hydroxyl groups is 3. The number of phenols is 1. The first-order valence-electron chi connectivity index (χ1n) is 35.9. The van der Waals surface area contributed by atoms with Crippen molar-refractivity contribution in [3.05, 3.63) is 165 Å². The van der Waals surface area contributed by atoms with Crippen LogP contribution in [-0.2, 0) is 49.7 Å². The molecule has 6 aliphatic heterocycles. The predicted octanol–water partition coefficient (Wildman–Crippen LogP) is 12.2. The first kappa shape index (κ1) is 64.8. The van der Waals surface area contributed by atoms with Crippen LogP contribution >= 0.6 is 0 Å². The van der Waals surface area contributed by atoms with Crippen molar-refractivity contribution < 1.29 is 44.3 Å². The van der Waals surface area contributed by atoms with E-state index < -0.39 is 28.5 Å². The number of ether oxygens (including phenoxy) is 2. The summed E-state index contributed by atoms with van der Waals surface area (Å²) in [6, 6.07) is 31.3. The molecule has 4 aromatic carbocycles. The van der Waals surface area contributed by atoms with Crippen LogP contribution in [0.2, 0.25) is 0 Å². The number of carbonyl (C=O) groups is 3. The summed E-state index contributed by atoms with van der Waals surface area (Å²) in [6.45, 7) is 6.37. The van der Waals surface area contributed by atoms with Crippen LogP contribution in [0.1, 0.15) is 169 Å². The maximum absolute atomic E-state index is 15.6. The Morgan fingerprint density at radius 1 is 0.819 bits per heavy atom. The van der Waals surface area contributed by atoms with Crippen molar-refractivity contribution in [1.29, 1.82) is 0 Å². The molecule has 14 atom stereocenters. The summed E-state index contributed by atoms with van der Waals surface area (Å²) in [5, 5.41) is 63.2. The largest absolute Gasteiger partial charge is 0.508 e. The fourth-order valence-corrected chi connectivity index (χ4v) is 20.2. The van der Waals surface area contributed by atoms with Gasteiger partial charge < -0.3 is 56.0 Å². The highest BCUT2D eigenvalue weighted by atomic mass is 16.6. The van der Waals surface area contributed by atoms with E-state index in [1.54, 1.807) is 6.07 Å². The van der Waals surface area contributed by atoms with Gasteiger partial charge in [0.25, 0.3) is 0 Å². The first-order valence-corrected chi connectivity index (χ1v) is 35.9. The fourth-order valence-electron chi connectivity index (χ4n) is 20.2. The molecule has 2 saturated heterocycles. The van der Waals surface area contributed by atoms with Gasteiger partial charge in [0.05, 0.1) is 34.3 Å². The van der Waals surface area contributed by atoms with E-state index in [2.05, 4.69) is 119 Å². The Hall–Kier alpha value is -6.47. The number of hydrogen-bond acceptors (Lipinski definition) is 13. The summed E-state index contributed by atoms with van der Waals surface area (Å²) in [7, 11) is 2.04. The molecule has 16 rings (SSSR count). The lowest BCUT2D eigenvalue weighted by Gasteiger charge is -2.56. The Balaban J connectivity index is 0.967. The zero-order chi connectivity index (χ0) is 64.9. The van der Waals surface area contributed by atoms with Gasteiger partial charge in [-0.1, -0.05) is 111 Å². The van der Waals surface area contributed by atoms with Crippen molar-refractivity contribution in [2.24, 2.45) is 64.1 Å². The van der Waals surface area contributed by atoms with Crippen LogP contribution < -0.4 is 21.3 Å². The summed E-state index contributed by atoms with van der Waals surface area (Å²) in [4.78, 5) is 43.7. The molecule has 3 saturated carbocycles. The Morgan fingerprint density at radius 2 is 1.67 bits per heavy atom. The highest BCUT2D eigenvalue weighted by molar-refractivity contribution is 6.07. The van der Waals surface area contributed by atoms with E-state index in [1.807, 2.05) is 32.2 Å². The molecule has 6 aliphatic carbocycles. The number of allylic oxidation sites excluding steroid dienone is 5. The lowest BCUT2D eigenvalue weighted by atomic mass is 9.44. The number of hydrogen-bond donors (Lipinski definition) is 8. The highest BCUT2D eigenvalue weighted by Gasteiger charge is 2.69. The minimum Gasteiger partial charge on any atom is -0.508 e. The summed E-state index contributed by atoms with van der Waals surface area (Å²) < 4.78 is 13.7. The topological polar surface area (TPSA) is 199 Å². The number of carbonyl (C=O) groups excluding carboxylic acids is 3. The van der Waals surface area contributed by atoms with Crippen molar-refractivity contribution in [2.75, 3.05) is 33.3 Å². The lowest BCUT2D eigenvalue weighted by molar-refractivity contribution is -0.135. The molecule has 0 radical (unpaired) electrons. The second-order valence-corrected chi connectivity index (χ2v) is 30.3. The fraction of sp³-hybridized carbons (Fsp3) is 0.543. The quantitative estimate of drug-likeness (QED) is 0.0379. The van der Waals surface area contributed by atoms with Crippen LogP contribution in [0.4, 0.5) is 0 Å². The second kappa shape index (κ2) is 26.9. The van der Waals surface area contributed by atoms with Gasteiger partial charge in [-0.05, 0) is 258 Å². The summed E-state index contributed by atoms with van der Waals surface area (Å²) in [5.41, 5.74) is 8.01. The maximum Gasteiger partial charge on any atom is 0.340 e. The molecule has 0 aromatic heterocycles. The van der Waals surface area contributed by atoms with Gasteiger partial charge >= 0.3 is 11.9 Å². The standard InChI is InChI=1S/C81H98N4O9/c1-4-50(39-51-13-7-5-8-14-51)42-69-81-34-26-62-63-24-25-64-68(93-76(89)72(64)73(63)81)27-33-79(58-29-36-84-70(44-58)82-3)46-56-43-59(80(92)31-9-6-10-32-80)21-20-57(30-38-87)78(2,91)49-85-75(67(56)47-79)65-41-52(18-19-54(65)17-12-37-86)28-35-83-48-53-15-11-16-55(40-53)61-23-22-60(88)45-66(61)71(62)74(81)77(90)94-69/h5,7-8,11,13-16,18-19,22-23,27,38,40-42,45,50,56-59,62-63,67,70,73,75,82-86,88,91-92H,4,6,9-10,12,17,24-26,28-37,39,43-44,46-49H2,1-3H3. The molecule has 5 fully saturated rings. The molecule has 4 aromatic rings. The number of β-amino-alcohol motifs (C(OH)–C–C–N with tert-alkyl or cyclic N) is 1. The first-order chi connectivity index (χ1) is 45.7. The normalized spacial score (nSPS) is 33.6. The average molecular weight is 1270 g/mol. The molecule has 6 heterocycles. The van der Waals surface area contributed by atoms with Gasteiger partial charge in [-0.3, -0.25) is 0 Å². The smallest absolute Gasteiger partial charge is 0.340 e. The van der Waals surface area contributed by atoms with Gasteiger partial charge in [0.2, 0.25) is 0 Å². The summed E-state index contributed by atoms with van der Waals surface area (Å²) >= 11 is 0. The number of phenolic OH excluding ortho intramolecular Hbond substituents is 1. The molecule has 13 heteroatoms. The lowest BCUT2D eigenvalue weighted by Crippen LogP contribution is -2.52. The van der Waals surface area contributed by atoms with Gasteiger partial charge in [-0.15, -0.1) is 0 Å². The van der Waals surface area contributed by atoms with E-state index in [-0.39, 0.29) is 96.3 Å². The molecule has 1 spiro atoms. The monoisotopic (exact) mass is 1270 g/mol. The predicted molar refractivity (Wildman–Crippen MR) is 365 cm³/mol. The number of aliphatic hydroxyl groups excluding tert-OH is 1. The number of aromatic hydroxyl groups is 1. The van der Waals surface area contributed by atoms with Gasteiger partial charge in [-0.2, -0.15) is 0 Å². The van der Waals surface area contributed by atoms with Crippen LogP contribution in [0, 0.1) is 75.9 Å². The number of benzene rings is 4. The Bertz CT molecular complexity index is 3740. The minimum atomic E-state index is -1.41. The molecule has 12 aliphatic rings. The van der Waals surface area contributed by atoms with Crippen LogP contribution in [-0.4, -0.2) is 89.3 Å². The van der Waals surface area contributed by atoms with Crippen LogP contribution in [0.15, 0.2) is 131 Å². The second-order valence-electron chi connectivity index (χ2n) is 30.3. The molecule has 13 nitrogen and oxygen atoms in total. The number of fused-ring (bicyclic) bond motifs is 5. The number of rotatable bonds is 12. The molecule has 496 valence electrons. The molecule has 8 N–H and O–H groups in total. The van der Waals surface area contributed by atoms with Gasteiger partial charge in [0.1, 0.15) is 23.6 Å². The van der Waals surface area contributed by atoms with Crippen LogP contribution in [0.3, 0.4) is 0 Å². The van der Waals surface area contributed by atoms with E-state index in [9.17, 15) is 25.2 Å². The third-order valence-corrected chi connectivity index (χ3v) is 25.0. The van der Waals surface area contributed by atoms with Gasteiger partial charge in [-0.25, -0.2) is 9.59 Å². The van der Waals surface area contributed by atoms with Crippen molar-refractivity contribution in [2.45, 2.75) is 179 Å². The Kier molecular flexibility index (Phi) is 18.5. The van der Waals surface area contributed by atoms with Crippen molar-refractivity contribution in [3.8, 4) is 28.7 Å². The van der Waals surface area contributed by atoms with E-state index in [0.717, 1.165) is 134 Å². The average Bonchev–Trinajstić information content (AvgIpc) is 1.39. The van der Waals surface area contributed by atoms with E-state index >= 15 is 9.59 Å². The van der Waals surface area contributed by atoms with Crippen molar-refractivity contribution >= 4 is 23.8 Å². The summed E-state index contributed by atoms with van der Waals surface area (Å²) in [6.07, 6.45) is 21.0. The van der Waals surface area contributed by atoms with Gasteiger partial charge in [0, 0.05) is 55.1 Å². The van der Waals surface area contributed by atoms with Crippen molar-refractivity contribution in [1.82, 2.24) is 21.3 Å². The molecule has 0 amide bonds. The minimum absolute atomic E-state index is 0.00291. The Labute approximate surface area is 556 Å². The maximum atomic E-state index is 15.6. The zero-order valence-corrected chi connectivity index (χ0v) is 55.5. The third kappa shape index (κ3) is 12.0. The van der Waals surface area contributed by atoms with E-state index in [4.69, 9.17) is 9.47 Å². The number of nitrogens with one attached hydrogen (secondary N) is 4. The SMILES string of the molecule is CCC(C=C1OC(=O)C2=C3c4cc(O)ccc4-c4cccc(c4)CNCCc4ccc(CCCO)c(c4)C4NCC(C)(O)C(CC=O)C#CC(C5(O)CCCCC5)CC5CC(C6CCNC(NC)C6)(CC=C6OC(=O)C7=C6CCC6C3CCC12C76)CC54)Cc1ccccc1. The Morgan fingerprint density at radius 3 is 2.48 bits per heavy atom. The van der Waals surface area contributed by atoms with Gasteiger partial charge in [0.15, 0.2) is 0 Å². The third-order valence-electron chi connectivity index (χ3n) is 25.0. The number of piperidine rings is 1. The number of aldehydes is 1. The van der Waals surface area contributed by atoms with Crippen molar-refractivity contribution in [3.63, 3.8) is 0 Å². The number of esters is 2. The highest BCUT2D eigenvalue weighted by Crippen LogP contribution is 2.73. The molecule has 94 heavy (non-hydrogen) atoms. The van der Waals surface area contributed by atoms with Crippen LogP contribution in [0.5, 0.6) is 5.75 Å². The molecule has 14 bridgehead atoms. The van der Waals surface area contributed by atoms with E-state index in [1.165, 1.54) is 11.1 Å².